The molecule has 1 atom stereocenters. The second kappa shape index (κ2) is 11.2. The monoisotopic (exact) mass is 518 g/mol. The number of aliphatic imine (C=N–C) groups is 1. The molecule has 2 aliphatic rings. The van der Waals surface area contributed by atoms with Crippen LogP contribution in [-0.4, -0.2) is 54.5 Å². The summed E-state index contributed by atoms with van der Waals surface area (Å²) in [5.74, 6) is -0.986. The van der Waals surface area contributed by atoms with E-state index in [-0.39, 0.29) is 48.2 Å². The lowest BCUT2D eigenvalue weighted by Crippen LogP contribution is -2.44. The van der Waals surface area contributed by atoms with E-state index < -0.39 is 18.1 Å². The van der Waals surface area contributed by atoms with E-state index in [0.29, 0.717) is 18.6 Å². The number of hydrogen-bond donors (Lipinski definition) is 2. The summed E-state index contributed by atoms with van der Waals surface area (Å²) in [6.07, 6.45) is -0.117. The molecule has 0 bridgehead atoms. The van der Waals surface area contributed by atoms with Gasteiger partial charge in [0.25, 0.3) is 0 Å². The number of carbonyl (C=O) groups excluding carboxylic acids is 3. The molecule has 1 amide bonds. The van der Waals surface area contributed by atoms with E-state index in [0.717, 1.165) is 22.3 Å². The maximum atomic E-state index is 12.8. The second-order valence-corrected chi connectivity index (χ2v) is 10.5. The molecule has 0 aliphatic heterocycles. The van der Waals surface area contributed by atoms with E-state index in [1.165, 1.54) is 0 Å². The number of aliphatic hydroxyl groups excluding tert-OH is 1. The number of fused-ring (bicyclic) bond motifs is 3. The van der Waals surface area contributed by atoms with Crippen molar-refractivity contribution in [3.63, 3.8) is 0 Å². The van der Waals surface area contributed by atoms with Crippen LogP contribution >= 0.6 is 0 Å². The number of carbonyl (C=O) groups is 3. The fourth-order valence-corrected chi connectivity index (χ4v) is 5.21. The van der Waals surface area contributed by atoms with Crippen LogP contribution in [0, 0.1) is 5.41 Å². The summed E-state index contributed by atoms with van der Waals surface area (Å²) in [6, 6.07) is 14.9. The number of esters is 1. The molecule has 38 heavy (non-hydrogen) atoms. The number of benzene rings is 2. The van der Waals surface area contributed by atoms with Crippen molar-refractivity contribution >= 4 is 23.6 Å². The van der Waals surface area contributed by atoms with Crippen molar-refractivity contribution in [1.29, 1.82) is 0 Å². The lowest BCUT2D eigenvalue weighted by atomic mass is 9.76. The zero-order valence-electron chi connectivity index (χ0n) is 22.2. The number of alkyl carbamates (subject to hydrolysis) is 1. The minimum atomic E-state index is -1.11. The van der Waals surface area contributed by atoms with Crippen LogP contribution in [0.25, 0.3) is 11.1 Å². The number of amides is 1. The van der Waals surface area contributed by atoms with E-state index in [4.69, 9.17) is 9.47 Å². The van der Waals surface area contributed by atoms with Gasteiger partial charge in [-0.3, -0.25) is 9.79 Å². The number of ketones is 1. The molecule has 8 heteroatoms. The number of allylic oxidation sites excluding steroid dienone is 2. The van der Waals surface area contributed by atoms with E-state index in [2.05, 4.69) is 22.4 Å². The maximum absolute atomic E-state index is 12.8. The molecule has 0 spiro atoms. The van der Waals surface area contributed by atoms with E-state index in [1.807, 2.05) is 50.2 Å². The van der Waals surface area contributed by atoms with Crippen molar-refractivity contribution in [2.24, 2.45) is 10.4 Å². The standard InChI is InChI=1S/C30H34N2O6/c1-5-37-28(35)24(16-31-18(2)27-25(33)14-30(3,4)15-26(27)34)32-29(36)38-17-23-21-12-8-6-10-19(21)20-11-7-9-13-22(20)23/h6-13,23-24,33H,5,14-17H2,1-4H3,(H,32,36)/t24-/m1/s1. The van der Waals surface area contributed by atoms with Crippen LogP contribution in [0.1, 0.15) is 57.6 Å². The zero-order valence-corrected chi connectivity index (χ0v) is 22.2. The Hall–Kier alpha value is -3.94. The second-order valence-electron chi connectivity index (χ2n) is 10.5. The van der Waals surface area contributed by atoms with E-state index in [1.54, 1.807) is 13.8 Å². The fourth-order valence-electron chi connectivity index (χ4n) is 5.21. The van der Waals surface area contributed by atoms with Gasteiger partial charge in [0.1, 0.15) is 18.4 Å². The van der Waals surface area contributed by atoms with Crippen molar-refractivity contribution in [3.05, 3.63) is 71.0 Å². The first-order chi connectivity index (χ1) is 18.1. The predicted octanol–water partition coefficient (Wildman–Crippen LogP) is 5.12. The highest BCUT2D eigenvalue weighted by Gasteiger charge is 2.34. The molecule has 0 aromatic heterocycles. The highest BCUT2D eigenvalue weighted by molar-refractivity contribution is 6.22. The molecule has 200 valence electrons. The number of ether oxygens (including phenoxy) is 2. The Kier molecular flexibility index (Phi) is 7.99. The zero-order chi connectivity index (χ0) is 27.4. The molecular weight excluding hydrogens is 484 g/mol. The number of rotatable bonds is 8. The normalized spacial score (nSPS) is 17.5. The van der Waals surface area contributed by atoms with Gasteiger partial charge in [-0.25, -0.2) is 9.59 Å². The summed E-state index contributed by atoms with van der Waals surface area (Å²) in [4.78, 5) is 42.3. The first-order valence-corrected chi connectivity index (χ1v) is 12.9. The number of nitrogens with one attached hydrogen (secondary N) is 1. The van der Waals surface area contributed by atoms with Crippen LogP contribution in [-0.2, 0) is 19.1 Å². The lowest BCUT2D eigenvalue weighted by Gasteiger charge is -2.29. The van der Waals surface area contributed by atoms with Gasteiger partial charge in [0.05, 0.1) is 18.7 Å². The van der Waals surface area contributed by atoms with Gasteiger partial charge in [-0.1, -0.05) is 62.4 Å². The minimum Gasteiger partial charge on any atom is -0.511 e. The largest absolute Gasteiger partial charge is 0.511 e. The Balaban J connectivity index is 1.45. The first kappa shape index (κ1) is 27.1. The molecule has 4 rings (SSSR count). The molecular formula is C30H34N2O6. The van der Waals surface area contributed by atoms with Gasteiger partial charge in [0.2, 0.25) is 0 Å². The Morgan fingerprint density at radius 1 is 1.05 bits per heavy atom. The molecule has 0 saturated carbocycles. The number of nitrogens with zero attached hydrogens (tertiary/aromatic N) is 1. The molecule has 2 aromatic carbocycles. The van der Waals surface area contributed by atoms with Gasteiger partial charge < -0.3 is 19.9 Å². The van der Waals surface area contributed by atoms with Crippen LogP contribution in [0.2, 0.25) is 0 Å². The summed E-state index contributed by atoms with van der Waals surface area (Å²) < 4.78 is 10.7. The number of Topliss-reactive ketones (excluding diaryl/α,β-unsaturated/α-hetero) is 1. The summed E-state index contributed by atoms with van der Waals surface area (Å²) in [7, 11) is 0. The molecule has 0 heterocycles. The van der Waals surface area contributed by atoms with Gasteiger partial charge in [-0.15, -0.1) is 0 Å². The van der Waals surface area contributed by atoms with Crippen LogP contribution in [0.3, 0.4) is 0 Å². The SMILES string of the molecule is CCOC(=O)[C@@H](CN=C(C)C1=C(O)CC(C)(C)CC1=O)NC(=O)OCC1c2ccccc2-c2ccccc21. The highest BCUT2D eigenvalue weighted by atomic mass is 16.6. The molecule has 2 aromatic rings. The molecule has 0 radical (unpaired) electrons. The van der Waals surface area contributed by atoms with Crippen molar-refractivity contribution in [1.82, 2.24) is 5.32 Å². The molecule has 0 unspecified atom stereocenters. The lowest BCUT2D eigenvalue weighted by molar-refractivity contribution is -0.145. The third-order valence-electron chi connectivity index (χ3n) is 6.93. The van der Waals surface area contributed by atoms with Gasteiger partial charge in [-0.05, 0) is 41.5 Å². The molecule has 2 aliphatic carbocycles. The summed E-state index contributed by atoms with van der Waals surface area (Å²) in [5, 5.41) is 13.0. The average Bonchev–Trinajstić information content (AvgIpc) is 3.18. The summed E-state index contributed by atoms with van der Waals surface area (Å²) in [6.45, 7) is 7.17. The Labute approximate surface area is 222 Å². The molecule has 0 fully saturated rings. The van der Waals surface area contributed by atoms with Crippen molar-refractivity contribution in [2.45, 2.75) is 52.5 Å². The van der Waals surface area contributed by atoms with Crippen molar-refractivity contribution < 1.29 is 29.0 Å². The fraction of sp³-hybridized carbons (Fsp3) is 0.400. The predicted molar refractivity (Wildman–Crippen MR) is 144 cm³/mol. The Morgan fingerprint density at radius 2 is 1.66 bits per heavy atom. The van der Waals surface area contributed by atoms with Gasteiger partial charge in [0, 0.05) is 24.5 Å². The van der Waals surface area contributed by atoms with Gasteiger partial charge in [0.15, 0.2) is 5.78 Å². The van der Waals surface area contributed by atoms with Crippen LogP contribution in [0.5, 0.6) is 0 Å². The van der Waals surface area contributed by atoms with Crippen molar-refractivity contribution in [2.75, 3.05) is 19.8 Å². The Bertz CT molecular complexity index is 1260. The molecule has 0 saturated heterocycles. The smallest absolute Gasteiger partial charge is 0.407 e. The topological polar surface area (TPSA) is 114 Å². The van der Waals surface area contributed by atoms with E-state index in [9.17, 15) is 19.5 Å². The van der Waals surface area contributed by atoms with Crippen LogP contribution in [0.15, 0.2) is 64.9 Å². The third kappa shape index (κ3) is 5.79. The molecule has 2 N–H and O–H groups in total. The third-order valence-corrected chi connectivity index (χ3v) is 6.93. The van der Waals surface area contributed by atoms with Gasteiger partial charge >= 0.3 is 12.1 Å². The quantitative estimate of drug-likeness (QED) is 0.370. The number of hydrogen-bond acceptors (Lipinski definition) is 7. The summed E-state index contributed by atoms with van der Waals surface area (Å²) in [5.41, 5.74) is 4.55. The van der Waals surface area contributed by atoms with Gasteiger partial charge in [-0.2, -0.15) is 0 Å². The highest BCUT2D eigenvalue weighted by Crippen LogP contribution is 2.44. The molecule has 8 nitrogen and oxygen atoms in total. The van der Waals surface area contributed by atoms with Crippen LogP contribution < -0.4 is 5.32 Å². The van der Waals surface area contributed by atoms with Crippen LogP contribution in [0.4, 0.5) is 4.79 Å². The van der Waals surface area contributed by atoms with E-state index >= 15 is 0 Å². The maximum Gasteiger partial charge on any atom is 0.407 e. The Morgan fingerprint density at radius 3 is 2.24 bits per heavy atom. The number of aliphatic hydroxyl groups is 1. The first-order valence-electron chi connectivity index (χ1n) is 12.9. The average molecular weight is 519 g/mol. The minimum absolute atomic E-state index is 0.00956. The summed E-state index contributed by atoms with van der Waals surface area (Å²) >= 11 is 0. The van der Waals surface area contributed by atoms with Crippen molar-refractivity contribution in [3.8, 4) is 11.1 Å².